The number of benzene rings is 1. The molecule has 0 aromatic heterocycles. The molecule has 0 bridgehead atoms. The molecule has 1 saturated heterocycles. The first-order valence-electron chi connectivity index (χ1n) is 7.95. The Bertz CT molecular complexity index is 628. The molecule has 3 amide bonds. The van der Waals surface area contributed by atoms with Crippen LogP contribution in [0.5, 0.6) is 0 Å². The van der Waals surface area contributed by atoms with Crippen LogP contribution < -0.4 is 11.1 Å². The lowest BCUT2D eigenvalue weighted by atomic mass is 9.85. The minimum absolute atomic E-state index is 0.216. The highest BCUT2D eigenvalue weighted by Gasteiger charge is 2.50. The predicted octanol–water partition coefficient (Wildman–Crippen LogP) is 1.68. The molecule has 5 nitrogen and oxygen atoms in total. The van der Waals surface area contributed by atoms with Gasteiger partial charge in [0.25, 0.3) is 5.91 Å². The average Bonchev–Trinajstić information content (AvgIpc) is 2.76. The van der Waals surface area contributed by atoms with Crippen molar-refractivity contribution < 1.29 is 9.59 Å². The number of carbonyl (C=O) groups excluding carboxylic acids is 2. The lowest BCUT2D eigenvalue weighted by Gasteiger charge is -2.26. The van der Waals surface area contributed by atoms with Crippen molar-refractivity contribution in [3.63, 3.8) is 0 Å². The lowest BCUT2D eigenvalue weighted by molar-refractivity contribution is -0.132. The number of urea groups is 1. The molecule has 3 N–H and O–H groups in total. The Morgan fingerprint density at radius 1 is 1.27 bits per heavy atom. The van der Waals surface area contributed by atoms with E-state index in [2.05, 4.69) is 17.4 Å². The normalized spacial score (nSPS) is 25.9. The third-order valence-corrected chi connectivity index (χ3v) is 4.93. The number of aryl methyl sites for hydroxylation is 2. The second-order valence-corrected chi connectivity index (χ2v) is 6.51. The summed E-state index contributed by atoms with van der Waals surface area (Å²) in [4.78, 5) is 26.2. The van der Waals surface area contributed by atoms with Crippen LogP contribution in [0.2, 0.25) is 0 Å². The molecule has 0 radical (unpaired) electrons. The van der Waals surface area contributed by atoms with Crippen LogP contribution in [-0.2, 0) is 23.2 Å². The minimum atomic E-state index is -0.993. The highest BCUT2D eigenvalue weighted by Crippen LogP contribution is 2.32. The molecule has 2 aliphatic rings. The van der Waals surface area contributed by atoms with Crippen LogP contribution in [0.25, 0.3) is 0 Å². The fraction of sp³-hybridized carbons (Fsp3) is 0.529. The smallest absolute Gasteiger partial charge is 0.325 e. The number of nitrogens with two attached hydrogens (primary N) is 1. The molecule has 5 heteroatoms. The summed E-state index contributed by atoms with van der Waals surface area (Å²) in [5, 5.41) is 2.85. The predicted molar refractivity (Wildman–Crippen MR) is 84.3 cm³/mol. The van der Waals surface area contributed by atoms with Crippen molar-refractivity contribution in [1.29, 1.82) is 0 Å². The maximum absolute atomic E-state index is 12.8. The monoisotopic (exact) mass is 301 g/mol. The molecule has 118 valence electrons. The van der Waals surface area contributed by atoms with E-state index in [0.717, 1.165) is 18.4 Å². The molecule has 1 fully saturated rings. The summed E-state index contributed by atoms with van der Waals surface area (Å²) in [7, 11) is 0. The van der Waals surface area contributed by atoms with E-state index in [0.29, 0.717) is 0 Å². The average molecular weight is 301 g/mol. The van der Waals surface area contributed by atoms with Gasteiger partial charge in [-0.25, -0.2) is 4.79 Å². The number of nitrogens with one attached hydrogen (secondary N) is 1. The summed E-state index contributed by atoms with van der Waals surface area (Å²) in [6, 6.07) is 5.50. The highest BCUT2D eigenvalue weighted by atomic mass is 16.2. The Kier molecular flexibility index (Phi) is 3.68. The topological polar surface area (TPSA) is 75.4 Å². The standard InChI is InChI=1S/C17H23N3O2/c1-11(10-18)20-15(21)17(2,19-16(20)22)14-8-7-12-5-3-4-6-13(12)9-14/h7-9,11H,3-6,10,18H2,1-2H3,(H,19,22). The second-order valence-electron chi connectivity index (χ2n) is 6.51. The molecule has 1 aromatic carbocycles. The van der Waals surface area contributed by atoms with Gasteiger partial charge in [-0.1, -0.05) is 18.2 Å². The molecule has 2 atom stereocenters. The summed E-state index contributed by atoms with van der Waals surface area (Å²) in [6.45, 7) is 3.83. The van der Waals surface area contributed by atoms with Crippen molar-refractivity contribution in [2.75, 3.05) is 6.54 Å². The van der Waals surface area contributed by atoms with Gasteiger partial charge in [0.15, 0.2) is 0 Å². The van der Waals surface area contributed by atoms with Gasteiger partial charge in [-0.2, -0.15) is 0 Å². The van der Waals surface area contributed by atoms with Crippen molar-refractivity contribution in [3.8, 4) is 0 Å². The molecule has 1 heterocycles. The van der Waals surface area contributed by atoms with Gasteiger partial charge < -0.3 is 11.1 Å². The summed E-state index contributed by atoms with van der Waals surface area (Å²) in [6.07, 6.45) is 4.55. The Morgan fingerprint density at radius 3 is 2.64 bits per heavy atom. The van der Waals surface area contributed by atoms with E-state index in [9.17, 15) is 9.59 Å². The number of amides is 3. The first kappa shape index (κ1) is 15.0. The van der Waals surface area contributed by atoms with Crippen LogP contribution >= 0.6 is 0 Å². The second kappa shape index (κ2) is 5.39. The van der Waals surface area contributed by atoms with Crippen molar-refractivity contribution in [3.05, 3.63) is 34.9 Å². The van der Waals surface area contributed by atoms with E-state index >= 15 is 0 Å². The molecule has 1 aliphatic heterocycles. The van der Waals surface area contributed by atoms with Crippen molar-refractivity contribution >= 4 is 11.9 Å². The molecule has 1 aliphatic carbocycles. The molecule has 1 aromatic rings. The first-order valence-corrected chi connectivity index (χ1v) is 7.95. The Hall–Kier alpha value is -1.88. The van der Waals surface area contributed by atoms with Gasteiger partial charge in [0.2, 0.25) is 0 Å². The van der Waals surface area contributed by atoms with Crippen LogP contribution in [0.4, 0.5) is 4.79 Å². The molecule has 2 unspecified atom stereocenters. The zero-order valence-electron chi connectivity index (χ0n) is 13.2. The number of carbonyl (C=O) groups is 2. The van der Waals surface area contributed by atoms with Crippen LogP contribution in [0.3, 0.4) is 0 Å². The third kappa shape index (κ3) is 2.20. The third-order valence-electron chi connectivity index (χ3n) is 4.93. The van der Waals surface area contributed by atoms with Crippen LogP contribution in [0, 0.1) is 0 Å². The van der Waals surface area contributed by atoms with Gasteiger partial charge in [0, 0.05) is 6.54 Å². The highest BCUT2D eigenvalue weighted by molar-refractivity contribution is 6.07. The number of imide groups is 1. The summed E-state index contributed by atoms with van der Waals surface area (Å²) < 4.78 is 0. The van der Waals surface area contributed by atoms with Crippen molar-refractivity contribution in [2.45, 2.75) is 51.1 Å². The molecule has 0 saturated carbocycles. The molecular weight excluding hydrogens is 278 g/mol. The minimum Gasteiger partial charge on any atom is -0.328 e. The van der Waals surface area contributed by atoms with Crippen LogP contribution in [0.15, 0.2) is 18.2 Å². The summed E-state index contributed by atoms with van der Waals surface area (Å²) >= 11 is 0. The van der Waals surface area contributed by atoms with E-state index in [4.69, 9.17) is 5.73 Å². The Morgan fingerprint density at radius 2 is 1.95 bits per heavy atom. The molecular formula is C17H23N3O2. The fourth-order valence-electron chi connectivity index (χ4n) is 3.41. The molecule has 22 heavy (non-hydrogen) atoms. The Balaban J connectivity index is 1.97. The van der Waals surface area contributed by atoms with Gasteiger partial charge in [-0.05, 0) is 56.2 Å². The fourth-order valence-corrected chi connectivity index (χ4v) is 3.41. The van der Waals surface area contributed by atoms with E-state index in [1.807, 2.05) is 6.07 Å². The van der Waals surface area contributed by atoms with Gasteiger partial charge >= 0.3 is 6.03 Å². The molecule has 3 rings (SSSR count). The van der Waals surface area contributed by atoms with Crippen LogP contribution in [0.1, 0.15) is 43.4 Å². The van der Waals surface area contributed by atoms with Gasteiger partial charge in [-0.15, -0.1) is 0 Å². The van der Waals surface area contributed by atoms with E-state index in [1.165, 1.54) is 28.9 Å². The lowest BCUT2D eigenvalue weighted by Crippen LogP contribution is -2.45. The molecule has 0 spiro atoms. The van der Waals surface area contributed by atoms with Crippen molar-refractivity contribution in [2.24, 2.45) is 5.73 Å². The maximum atomic E-state index is 12.8. The van der Waals surface area contributed by atoms with Crippen LogP contribution in [-0.4, -0.2) is 29.4 Å². The van der Waals surface area contributed by atoms with Gasteiger partial charge in [0.1, 0.15) is 5.54 Å². The zero-order chi connectivity index (χ0) is 15.9. The SMILES string of the molecule is CC(CN)N1C(=O)NC(C)(c2ccc3c(c2)CCCC3)C1=O. The first-order chi connectivity index (χ1) is 10.5. The largest absolute Gasteiger partial charge is 0.328 e. The van der Waals surface area contributed by atoms with Gasteiger partial charge in [0.05, 0.1) is 6.04 Å². The number of hydrogen-bond acceptors (Lipinski definition) is 3. The number of fused-ring (bicyclic) bond motifs is 1. The Labute approximate surface area is 130 Å². The quantitative estimate of drug-likeness (QED) is 0.834. The van der Waals surface area contributed by atoms with Gasteiger partial charge in [-0.3, -0.25) is 9.69 Å². The van der Waals surface area contributed by atoms with E-state index in [-0.39, 0.29) is 24.5 Å². The number of hydrogen-bond donors (Lipinski definition) is 2. The van der Waals surface area contributed by atoms with E-state index in [1.54, 1.807) is 13.8 Å². The summed E-state index contributed by atoms with van der Waals surface area (Å²) in [5.74, 6) is -0.216. The number of rotatable bonds is 3. The number of nitrogens with zero attached hydrogens (tertiary/aromatic N) is 1. The summed E-state index contributed by atoms with van der Waals surface area (Å²) in [5.41, 5.74) is 8.15. The van der Waals surface area contributed by atoms with E-state index < -0.39 is 5.54 Å². The maximum Gasteiger partial charge on any atom is 0.325 e. The zero-order valence-corrected chi connectivity index (χ0v) is 13.2. The van der Waals surface area contributed by atoms with Crippen molar-refractivity contribution in [1.82, 2.24) is 10.2 Å².